The average molecular weight is 382 g/mol. The van der Waals surface area contributed by atoms with Gasteiger partial charge in [-0.1, -0.05) is 26.0 Å². The summed E-state index contributed by atoms with van der Waals surface area (Å²) in [6, 6.07) is 5.56. The number of aromatic nitrogens is 2. The van der Waals surface area contributed by atoms with Gasteiger partial charge in [-0.2, -0.15) is 4.31 Å². The molecule has 0 amide bonds. The number of halogens is 1. The van der Waals surface area contributed by atoms with Crippen LogP contribution in [0.15, 0.2) is 28.7 Å². The molecule has 0 radical (unpaired) electrons. The molecule has 1 aromatic heterocycles. The van der Waals surface area contributed by atoms with Crippen molar-refractivity contribution in [3.8, 4) is 0 Å². The quantitative estimate of drug-likeness (QED) is 0.760. The molecule has 3 rings (SSSR count). The molecule has 0 spiro atoms. The standard InChI is InChI=1S/C17H23FN4O3S/c1-13(2)17-20-19-16(25-17)11-21-7-9-22(10-8-21)26(23,24)12-14-3-5-15(18)6-4-14/h3-6,13H,7-12H2,1-2H3. The normalized spacial score (nSPS) is 17.1. The molecule has 0 aliphatic carbocycles. The minimum atomic E-state index is -3.42. The maximum atomic E-state index is 13.0. The molecule has 1 saturated heterocycles. The average Bonchev–Trinajstić information content (AvgIpc) is 3.06. The first-order chi connectivity index (χ1) is 12.3. The van der Waals surface area contributed by atoms with Crippen LogP contribution in [0.1, 0.15) is 37.1 Å². The third-order valence-corrected chi connectivity index (χ3v) is 6.17. The van der Waals surface area contributed by atoms with E-state index in [0.29, 0.717) is 50.1 Å². The topological polar surface area (TPSA) is 79.5 Å². The summed E-state index contributed by atoms with van der Waals surface area (Å²) in [5.74, 6) is 0.859. The molecule has 0 N–H and O–H groups in total. The van der Waals surface area contributed by atoms with Gasteiger partial charge in [-0.15, -0.1) is 10.2 Å². The van der Waals surface area contributed by atoms with E-state index in [-0.39, 0.29) is 17.5 Å². The second-order valence-electron chi connectivity index (χ2n) is 6.75. The van der Waals surface area contributed by atoms with Gasteiger partial charge >= 0.3 is 0 Å². The van der Waals surface area contributed by atoms with E-state index in [2.05, 4.69) is 15.1 Å². The fourth-order valence-corrected chi connectivity index (χ4v) is 4.32. The van der Waals surface area contributed by atoms with E-state index in [1.807, 2.05) is 13.8 Å². The number of hydrogen-bond donors (Lipinski definition) is 0. The smallest absolute Gasteiger partial charge is 0.230 e. The van der Waals surface area contributed by atoms with E-state index in [1.54, 1.807) is 0 Å². The zero-order valence-electron chi connectivity index (χ0n) is 14.9. The van der Waals surface area contributed by atoms with E-state index in [4.69, 9.17) is 4.42 Å². The Kier molecular flexibility index (Phi) is 5.69. The van der Waals surface area contributed by atoms with Crippen molar-refractivity contribution in [2.75, 3.05) is 26.2 Å². The van der Waals surface area contributed by atoms with Crippen LogP contribution in [0.25, 0.3) is 0 Å². The van der Waals surface area contributed by atoms with Crippen LogP contribution in [0.4, 0.5) is 4.39 Å². The first-order valence-corrected chi connectivity index (χ1v) is 10.2. The Balaban J connectivity index is 1.54. The molecule has 2 aromatic rings. The van der Waals surface area contributed by atoms with E-state index >= 15 is 0 Å². The first kappa shape index (κ1) is 18.9. The number of hydrogen-bond acceptors (Lipinski definition) is 6. The molecule has 1 aliphatic rings. The molecule has 1 aliphatic heterocycles. The molecule has 1 fully saturated rings. The summed E-state index contributed by atoms with van der Waals surface area (Å²) in [5, 5.41) is 8.05. The Morgan fingerprint density at radius 2 is 1.77 bits per heavy atom. The summed E-state index contributed by atoms with van der Waals surface area (Å²) < 4.78 is 45.2. The molecule has 0 unspecified atom stereocenters. The van der Waals surface area contributed by atoms with E-state index in [9.17, 15) is 12.8 Å². The van der Waals surface area contributed by atoms with Crippen LogP contribution in [0.3, 0.4) is 0 Å². The third-order valence-electron chi connectivity index (χ3n) is 4.32. The zero-order valence-corrected chi connectivity index (χ0v) is 15.7. The van der Waals surface area contributed by atoms with Crippen molar-refractivity contribution in [3.63, 3.8) is 0 Å². The molecular formula is C17H23FN4O3S. The maximum Gasteiger partial charge on any atom is 0.230 e. The molecule has 0 atom stereocenters. The highest BCUT2D eigenvalue weighted by Gasteiger charge is 2.27. The van der Waals surface area contributed by atoms with Gasteiger partial charge in [0.25, 0.3) is 0 Å². The molecule has 142 valence electrons. The van der Waals surface area contributed by atoms with Crippen molar-refractivity contribution in [2.24, 2.45) is 0 Å². The summed E-state index contributed by atoms with van der Waals surface area (Å²) in [6.45, 7) is 6.52. The van der Waals surface area contributed by atoms with Gasteiger partial charge in [0.05, 0.1) is 12.3 Å². The summed E-state index contributed by atoms with van der Waals surface area (Å²) in [4.78, 5) is 2.10. The van der Waals surface area contributed by atoms with Gasteiger partial charge in [0, 0.05) is 32.1 Å². The number of nitrogens with zero attached hydrogens (tertiary/aromatic N) is 4. The molecule has 1 aromatic carbocycles. The lowest BCUT2D eigenvalue weighted by molar-refractivity contribution is 0.167. The number of benzene rings is 1. The SMILES string of the molecule is CC(C)c1nnc(CN2CCN(S(=O)(=O)Cc3ccc(F)cc3)CC2)o1. The summed E-state index contributed by atoms with van der Waals surface area (Å²) in [5.41, 5.74) is 0.584. The third kappa shape index (κ3) is 4.66. The lowest BCUT2D eigenvalue weighted by Crippen LogP contribution is -2.48. The predicted molar refractivity (Wildman–Crippen MR) is 94.3 cm³/mol. The Morgan fingerprint density at radius 1 is 1.12 bits per heavy atom. The Labute approximate surface area is 152 Å². The van der Waals surface area contributed by atoms with Crippen LogP contribution in [0.5, 0.6) is 0 Å². The van der Waals surface area contributed by atoms with Gasteiger partial charge in [0.2, 0.25) is 21.8 Å². The Hall–Kier alpha value is -1.84. The summed E-state index contributed by atoms with van der Waals surface area (Å²) >= 11 is 0. The summed E-state index contributed by atoms with van der Waals surface area (Å²) in [7, 11) is -3.42. The van der Waals surface area contributed by atoms with Gasteiger partial charge in [0.1, 0.15) is 5.82 Å². The monoisotopic (exact) mass is 382 g/mol. The zero-order chi connectivity index (χ0) is 18.7. The fourth-order valence-electron chi connectivity index (χ4n) is 2.80. The highest BCUT2D eigenvalue weighted by molar-refractivity contribution is 7.88. The van der Waals surface area contributed by atoms with E-state index < -0.39 is 10.0 Å². The van der Waals surface area contributed by atoms with Crippen molar-refractivity contribution in [2.45, 2.75) is 32.1 Å². The second kappa shape index (κ2) is 7.81. The predicted octanol–water partition coefficient (Wildman–Crippen LogP) is 1.98. The lowest BCUT2D eigenvalue weighted by Gasteiger charge is -2.33. The molecular weight excluding hydrogens is 359 g/mol. The van der Waals surface area contributed by atoms with Crippen LogP contribution < -0.4 is 0 Å². The molecule has 0 saturated carbocycles. The largest absolute Gasteiger partial charge is 0.424 e. The van der Waals surface area contributed by atoms with Crippen molar-refractivity contribution in [3.05, 3.63) is 47.4 Å². The minimum absolute atomic E-state index is 0.116. The molecule has 26 heavy (non-hydrogen) atoms. The van der Waals surface area contributed by atoms with Gasteiger partial charge in [0.15, 0.2) is 0 Å². The molecule has 0 bridgehead atoms. The van der Waals surface area contributed by atoms with Crippen LogP contribution in [0, 0.1) is 5.82 Å². The second-order valence-corrected chi connectivity index (χ2v) is 8.72. The van der Waals surface area contributed by atoms with Crippen LogP contribution in [-0.2, 0) is 22.3 Å². The Morgan fingerprint density at radius 3 is 2.35 bits per heavy atom. The van der Waals surface area contributed by atoms with E-state index in [1.165, 1.54) is 28.6 Å². The van der Waals surface area contributed by atoms with Gasteiger partial charge in [-0.05, 0) is 17.7 Å². The maximum absolute atomic E-state index is 13.0. The van der Waals surface area contributed by atoms with Gasteiger partial charge in [-0.3, -0.25) is 4.90 Å². The molecule has 7 nitrogen and oxygen atoms in total. The summed E-state index contributed by atoms with van der Waals surface area (Å²) in [6.07, 6.45) is 0. The Bertz CT molecular complexity index is 828. The highest BCUT2D eigenvalue weighted by atomic mass is 32.2. The van der Waals surface area contributed by atoms with Crippen LogP contribution in [-0.4, -0.2) is 54.0 Å². The minimum Gasteiger partial charge on any atom is -0.424 e. The first-order valence-electron chi connectivity index (χ1n) is 8.60. The van der Waals surface area contributed by atoms with Crippen LogP contribution >= 0.6 is 0 Å². The van der Waals surface area contributed by atoms with Crippen molar-refractivity contribution in [1.82, 2.24) is 19.4 Å². The van der Waals surface area contributed by atoms with Gasteiger partial charge in [-0.25, -0.2) is 12.8 Å². The lowest BCUT2D eigenvalue weighted by atomic mass is 10.2. The fraction of sp³-hybridized carbons (Fsp3) is 0.529. The van der Waals surface area contributed by atoms with Crippen molar-refractivity contribution >= 4 is 10.0 Å². The number of sulfonamides is 1. The van der Waals surface area contributed by atoms with Crippen molar-refractivity contribution in [1.29, 1.82) is 0 Å². The highest BCUT2D eigenvalue weighted by Crippen LogP contribution is 2.17. The van der Waals surface area contributed by atoms with Crippen LogP contribution in [0.2, 0.25) is 0 Å². The van der Waals surface area contributed by atoms with Crippen molar-refractivity contribution < 1.29 is 17.2 Å². The molecule has 9 heteroatoms. The number of rotatable bonds is 6. The van der Waals surface area contributed by atoms with Gasteiger partial charge < -0.3 is 4.42 Å². The van der Waals surface area contributed by atoms with E-state index in [0.717, 1.165) is 0 Å². The molecule has 2 heterocycles. The number of piperazine rings is 1.